The van der Waals surface area contributed by atoms with E-state index in [1.54, 1.807) is 12.1 Å². The highest BCUT2D eigenvalue weighted by molar-refractivity contribution is 7.92. The fraction of sp³-hybridized carbons (Fsp3) is 0.394. The predicted octanol–water partition coefficient (Wildman–Crippen LogP) is 5.60. The molecule has 0 aliphatic heterocycles. The third kappa shape index (κ3) is 9.61. The van der Waals surface area contributed by atoms with Gasteiger partial charge in [0.15, 0.2) is 0 Å². The Bertz CT molecular complexity index is 1450. The molecule has 1 atom stereocenters. The molecule has 230 valence electrons. The lowest BCUT2D eigenvalue weighted by Gasteiger charge is -2.34. The molecule has 3 aromatic carbocycles. The van der Waals surface area contributed by atoms with E-state index in [9.17, 15) is 26.8 Å². The van der Waals surface area contributed by atoms with E-state index < -0.39 is 27.7 Å². The van der Waals surface area contributed by atoms with Crippen LogP contribution in [-0.2, 0) is 32.6 Å². The molecule has 1 N–H and O–H groups in total. The van der Waals surface area contributed by atoms with E-state index in [0.717, 1.165) is 48.2 Å². The molecule has 0 aromatic heterocycles. The van der Waals surface area contributed by atoms with Crippen LogP contribution in [0.4, 0.5) is 14.5 Å². The number of benzene rings is 3. The first kappa shape index (κ1) is 32.1. The van der Waals surface area contributed by atoms with Crippen molar-refractivity contribution in [1.82, 2.24) is 10.2 Å². The van der Waals surface area contributed by atoms with Gasteiger partial charge in [0.1, 0.15) is 17.7 Å². The fourth-order valence-electron chi connectivity index (χ4n) is 5.50. The summed E-state index contributed by atoms with van der Waals surface area (Å²) in [4.78, 5) is 29.3. The van der Waals surface area contributed by atoms with Crippen molar-refractivity contribution in [2.75, 3.05) is 17.1 Å². The molecule has 3 aromatic rings. The molecule has 1 fully saturated rings. The molecule has 0 radical (unpaired) electrons. The zero-order chi connectivity index (χ0) is 30.8. The first-order valence-electron chi connectivity index (χ1n) is 14.7. The second-order valence-electron chi connectivity index (χ2n) is 11.1. The van der Waals surface area contributed by atoms with Gasteiger partial charge in [-0.05, 0) is 66.8 Å². The maximum absolute atomic E-state index is 13.9. The molecule has 43 heavy (non-hydrogen) atoms. The van der Waals surface area contributed by atoms with Crippen LogP contribution in [0, 0.1) is 11.6 Å². The number of hydrogen-bond donors (Lipinski definition) is 1. The number of sulfonamides is 1. The lowest BCUT2D eigenvalue weighted by molar-refractivity contribution is -0.141. The van der Waals surface area contributed by atoms with Gasteiger partial charge in [0.25, 0.3) is 0 Å². The molecule has 4 rings (SSSR count). The van der Waals surface area contributed by atoms with Crippen molar-refractivity contribution in [3.05, 3.63) is 102 Å². The highest BCUT2D eigenvalue weighted by Crippen LogP contribution is 2.22. The van der Waals surface area contributed by atoms with Gasteiger partial charge in [-0.3, -0.25) is 13.9 Å². The topological polar surface area (TPSA) is 86.8 Å². The molecular weight excluding hydrogens is 572 g/mol. The summed E-state index contributed by atoms with van der Waals surface area (Å²) in [5.41, 5.74) is 1.86. The number of amides is 2. The minimum Gasteiger partial charge on any atom is -0.352 e. The van der Waals surface area contributed by atoms with Crippen molar-refractivity contribution in [3.63, 3.8) is 0 Å². The highest BCUT2D eigenvalue weighted by Gasteiger charge is 2.32. The number of carbonyl (C=O) groups excluding carboxylic acids is 2. The summed E-state index contributed by atoms with van der Waals surface area (Å²) < 4.78 is 53.4. The summed E-state index contributed by atoms with van der Waals surface area (Å²) in [7, 11) is -3.70. The molecule has 10 heteroatoms. The minimum absolute atomic E-state index is 0.00177. The Morgan fingerprint density at radius 1 is 0.860 bits per heavy atom. The van der Waals surface area contributed by atoms with Crippen molar-refractivity contribution in [1.29, 1.82) is 0 Å². The molecular formula is C33H39F2N3O4S. The number of halogens is 2. The monoisotopic (exact) mass is 611 g/mol. The van der Waals surface area contributed by atoms with Crippen LogP contribution in [0.1, 0.15) is 56.1 Å². The van der Waals surface area contributed by atoms with Gasteiger partial charge in [-0.25, -0.2) is 17.2 Å². The summed E-state index contributed by atoms with van der Waals surface area (Å²) >= 11 is 0. The predicted molar refractivity (Wildman–Crippen MR) is 164 cm³/mol. The van der Waals surface area contributed by atoms with Crippen molar-refractivity contribution in [2.24, 2.45) is 0 Å². The Labute approximate surface area is 252 Å². The van der Waals surface area contributed by atoms with E-state index in [0.29, 0.717) is 11.3 Å². The summed E-state index contributed by atoms with van der Waals surface area (Å²) in [6.07, 6.45) is 6.48. The molecule has 1 aliphatic carbocycles. The molecule has 0 unspecified atom stereocenters. The van der Waals surface area contributed by atoms with E-state index in [4.69, 9.17) is 0 Å². The van der Waals surface area contributed by atoms with Gasteiger partial charge >= 0.3 is 0 Å². The van der Waals surface area contributed by atoms with Crippen molar-refractivity contribution < 1.29 is 26.8 Å². The Morgan fingerprint density at radius 2 is 1.47 bits per heavy atom. The Balaban J connectivity index is 1.58. The lowest BCUT2D eigenvalue weighted by Crippen LogP contribution is -2.52. The van der Waals surface area contributed by atoms with Crippen LogP contribution in [0.15, 0.2) is 78.9 Å². The molecule has 1 aliphatic rings. The standard InChI is InChI=1S/C33H39F2N3O4S/c1-43(41,42)38(30-20-18-28(35)19-21-30)22-8-13-32(39)37(24-26-14-16-27(34)17-15-26)31(23-25-9-4-2-5-10-25)33(40)36-29-11-6-3-7-12-29/h2,4-5,9-10,14-21,29,31H,3,6-8,11-13,22-24H2,1H3,(H,36,40)/t31-/m0/s1. The number of rotatable bonds is 13. The van der Waals surface area contributed by atoms with Crippen LogP contribution in [0.25, 0.3) is 0 Å². The second-order valence-corrected chi connectivity index (χ2v) is 13.0. The van der Waals surface area contributed by atoms with Gasteiger partial charge in [-0.1, -0.05) is 61.7 Å². The molecule has 2 amide bonds. The third-order valence-corrected chi connectivity index (χ3v) is 8.95. The summed E-state index contributed by atoms with van der Waals surface area (Å²) in [5, 5.41) is 3.18. The highest BCUT2D eigenvalue weighted by atomic mass is 32.2. The molecule has 0 bridgehead atoms. The first-order valence-corrected chi connectivity index (χ1v) is 16.6. The zero-order valence-electron chi connectivity index (χ0n) is 24.4. The average Bonchev–Trinajstić information content (AvgIpc) is 2.99. The second kappa shape index (κ2) is 15.1. The Kier molecular flexibility index (Phi) is 11.3. The fourth-order valence-corrected chi connectivity index (χ4v) is 6.46. The van der Waals surface area contributed by atoms with Crippen molar-refractivity contribution in [3.8, 4) is 0 Å². The van der Waals surface area contributed by atoms with Crippen molar-refractivity contribution in [2.45, 2.75) is 70.0 Å². The van der Waals surface area contributed by atoms with Gasteiger partial charge in [0.2, 0.25) is 21.8 Å². The summed E-state index contributed by atoms with van der Waals surface area (Å²) in [5.74, 6) is -1.45. The SMILES string of the molecule is CS(=O)(=O)N(CCCC(=O)N(Cc1ccc(F)cc1)[C@@H](Cc1ccccc1)C(=O)NC1CCCCC1)c1ccc(F)cc1. The molecule has 0 heterocycles. The van der Waals surface area contributed by atoms with Gasteiger partial charge < -0.3 is 10.2 Å². The molecule has 1 saturated carbocycles. The van der Waals surface area contributed by atoms with Crippen LogP contribution >= 0.6 is 0 Å². The number of hydrogen-bond acceptors (Lipinski definition) is 4. The van der Waals surface area contributed by atoms with Crippen molar-refractivity contribution >= 4 is 27.5 Å². The smallest absolute Gasteiger partial charge is 0.243 e. The van der Waals surface area contributed by atoms with E-state index in [1.807, 2.05) is 30.3 Å². The number of carbonyl (C=O) groups is 2. The maximum atomic E-state index is 13.9. The minimum atomic E-state index is -3.70. The van der Waals surface area contributed by atoms with E-state index in [1.165, 1.54) is 41.3 Å². The zero-order valence-corrected chi connectivity index (χ0v) is 25.2. The Hall–Kier alpha value is -3.79. The lowest BCUT2D eigenvalue weighted by atomic mass is 9.94. The quantitative estimate of drug-likeness (QED) is 0.273. The van der Waals surface area contributed by atoms with Gasteiger partial charge in [-0.15, -0.1) is 0 Å². The first-order chi connectivity index (χ1) is 20.6. The average molecular weight is 612 g/mol. The van der Waals surface area contributed by atoms with Crippen LogP contribution < -0.4 is 9.62 Å². The molecule has 0 spiro atoms. The third-order valence-electron chi connectivity index (χ3n) is 7.76. The number of anilines is 1. The Morgan fingerprint density at radius 3 is 2.07 bits per heavy atom. The van der Waals surface area contributed by atoms with E-state index in [2.05, 4.69) is 5.32 Å². The normalized spacial score (nSPS) is 14.6. The van der Waals surface area contributed by atoms with E-state index >= 15 is 0 Å². The summed E-state index contributed by atoms with van der Waals surface area (Å²) in [6.45, 7) is 0.0840. The largest absolute Gasteiger partial charge is 0.352 e. The van der Waals surface area contributed by atoms with Crippen LogP contribution in [0.3, 0.4) is 0 Å². The summed E-state index contributed by atoms with van der Waals surface area (Å²) in [6, 6.07) is 19.6. The van der Waals surface area contributed by atoms with Gasteiger partial charge in [0.05, 0.1) is 11.9 Å². The molecule has 0 saturated heterocycles. The van der Waals surface area contributed by atoms with Gasteiger partial charge in [-0.2, -0.15) is 0 Å². The molecule has 7 nitrogen and oxygen atoms in total. The number of nitrogens with zero attached hydrogens (tertiary/aromatic N) is 2. The number of nitrogens with one attached hydrogen (secondary N) is 1. The van der Waals surface area contributed by atoms with Crippen LogP contribution in [0.5, 0.6) is 0 Å². The van der Waals surface area contributed by atoms with Crippen LogP contribution in [0.2, 0.25) is 0 Å². The van der Waals surface area contributed by atoms with Gasteiger partial charge in [0, 0.05) is 32.0 Å². The maximum Gasteiger partial charge on any atom is 0.243 e. The van der Waals surface area contributed by atoms with Crippen LogP contribution in [-0.4, -0.2) is 50.0 Å². The van der Waals surface area contributed by atoms with E-state index in [-0.39, 0.29) is 50.2 Å².